The summed E-state index contributed by atoms with van der Waals surface area (Å²) in [6, 6.07) is 0. The van der Waals surface area contributed by atoms with Gasteiger partial charge in [0, 0.05) is 0 Å². The molecule has 0 heterocycles. The SMILES string of the molecule is C/C=C/CCCNCCC. The number of allylic oxidation sites excluding steroid dienone is 2. The van der Waals surface area contributed by atoms with Crippen molar-refractivity contribution in [2.24, 2.45) is 0 Å². The minimum Gasteiger partial charge on any atom is -0.317 e. The molecule has 1 nitrogen and oxygen atoms in total. The number of nitrogens with one attached hydrogen (secondary N) is 1. The Morgan fingerprint density at radius 1 is 1.30 bits per heavy atom. The summed E-state index contributed by atoms with van der Waals surface area (Å²) in [6.07, 6.45) is 8.05. The zero-order chi connectivity index (χ0) is 7.66. The summed E-state index contributed by atoms with van der Waals surface area (Å²) < 4.78 is 0. The third-order valence-corrected chi connectivity index (χ3v) is 1.39. The highest BCUT2D eigenvalue weighted by atomic mass is 14.8. The van der Waals surface area contributed by atoms with Gasteiger partial charge in [0.05, 0.1) is 0 Å². The standard InChI is InChI=1S/C9H19N/c1-3-5-6-7-9-10-8-4-2/h3,5,10H,4,6-9H2,1-2H3/b5-3+. The molecule has 0 aromatic rings. The van der Waals surface area contributed by atoms with Gasteiger partial charge in [0.15, 0.2) is 0 Å². The molecule has 1 N–H and O–H groups in total. The largest absolute Gasteiger partial charge is 0.317 e. The van der Waals surface area contributed by atoms with Gasteiger partial charge in [-0.25, -0.2) is 0 Å². The van der Waals surface area contributed by atoms with Crippen LogP contribution in [-0.2, 0) is 0 Å². The van der Waals surface area contributed by atoms with Crippen LogP contribution in [0.3, 0.4) is 0 Å². The van der Waals surface area contributed by atoms with Crippen LogP contribution in [0, 0.1) is 0 Å². The Bertz CT molecular complexity index is 76.8. The summed E-state index contributed by atoms with van der Waals surface area (Å²) in [5, 5.41) is 3.36. The zero-order valence-corrected chi connectivity index (χ0v) is 7.19. The minimum absolute atomic E-state index is 1.16. The number of hydrogen-bond acceptors (Lipinski definition) is 1. The van der Waals surface area contributed by atoms with Crippen LogP contribution < -0.4 is 5.32 Å². The van der Waals surface area contributed by atoms with Gasteiger partial charge in [-0.05, 0) is 39.3 Å². The molecule has 0 saturated heterocycles. The van der Waals surface area contributed by atoms with E-state index in [2.05, 4.69) is 31.3 Å². The van der Waals surface area contributed by atoms with Gasteiger partial charge in [-0.2, -0.15) is 0 Å². The van der Waals surface area contributed by atoms with Crippen molar-refractivity contribution in [3.8, 4) is 0 Å². The number of unbranched alkanes of at least 4 members (excludes halogenated alkanes) is 1. The summed E-state index contributed by atoms with van der Waals surface area (Å²) in [6.45, 7) is 6.59. The lowest BCUT2D eigenvalue weighted by Crippen LogP contribution is -2.15. The first-order valence-electron chi connectivity index (χ1n) is 4.23. The number of rotatable bonds is 6. The molecule has 0 aliphatic carbocycles. The molecule has 0 bridgehead atoms. The molecule has 0 aliphatic rings. The maximum absolute atomic E-state index is 3.36. The third kappa shape index (κ3) is 7.70. The zero-order valence-electron chi connectivity index (χ0n) is 7.19. The van der Waals surface area contributed by atoms with Crippen LogP contribution in [0.25, 0.3) is 0 Å². The fraction of sp³-hybridized carbons (Fsp3) is 0.778. The van der Waals surface area contributed by atoms with Gasteiger partial charge in [0.2, 0.25) is 0 Å². The van der Waals surface area contributed by atoms with Crippen LogP contribution >= 0.6 is 0 Å². The van der Waals surface area contributed by atoms with E-state index >= 15 is 0 Å². The van der Waals surface area contributed by atoms with Crippen LogP contribution in [0.2, 0.25) is 0 Å². The van der Waals surface area contributed by atoms with Gasteiger partial charge in [-0.3, -0.25) is 0 Å². The molecule has 0 spiro atoms. The molecule has 0 radical (unpaired) electrons. The van der Waals surface area contributed by atoms with Gasteiger partial charge in [-0.15, -0.1) is 0 Å². The topological polar surface area (TPSA) is 12.0 Å². The average molecular weight is 141 g/mol. The van der Waals surface area contributed by atoms with Gasteiger partial charge in [-0.1, -0.05) is 19.1 Å². The lowest BCUT2D eigenvalue weighted by molar-refractivity contribution is 0.644. The molecule has 0 rings (SSSR count). The molecule has 0 atom stereocenters. The molecule has 0 unspecified atom stereocenters. The Labute approximate surface area is 64.5 Å². The molecule has 0 aliphatic heterocycles. The van der Waals surface area contributed by atoms with Gasteiger partial charge in [0.1, 0.15) is 0 Å². The van der Waals surface area contributed by atoms with Crippen molar-refractivity contribution in [1.29, 1.82) is 0 Å². The van der Waals surface area contributed by atoms with Crippen molar-refractivity contribution in [3.63, 3.8) is 0 Å². The first-order chi connectivity index (χ1) is 4.91. The fourth-order valence-electron chi connectivity index (χ4n) is 0.813. The highest BCUT2D eigenvalue weighted by Crippen LogP contribution is 1.88. The summed E-state index contributed by atoms with van der Waals surface area (Å²) in [4.78, 5) is 0. The van der Waals surface area contributed by atoms with Crippen molar-refractivity contribution in [1.82, 2.24) is 5.32 Å². The van der Waals surface area contributed by atoms with Crippen molar-refractivity contribution in [2.45, 2.75) is 33.1 Å². The van der Waals surface area contributed by atoms with Crippen molar-refractivity contribution in [3.05, 3.63) is 12.2 Å². The second-order valence-corrected chi connectivity index (χ2v) is 2.46. The summed E-state index contributed by atoms with van der Waals surface area (Å²) >= 11 is 0. The van der Waals surface area contributed by atoms with Crippen LogP contribution in [0.4, 0.5) is 0 Å². The quantitative estimate of drug-likeness (QED) is 0.442. The predicted octanol–water partition coefficient (Wildman–Crippen LogP) is 2.34. The first kappa shape index (κ1) is 9.70. The first-order valence-corrected chi connectivity index (χ1v) is 4.23. The molecule has 0 amide bonds. The van der Waals surface area contributed by atoms with Crippen molar-refractivity contribution < 1.29 is 0 Å². The van der Waals surface area contributed by atoms with Gasteiger partial charge < -0.3 is 5.32 Å². The van der Waals surface area contributed by atoms with Crippen LogP contribution in [0.5, 0.6) is 0 Å². The molecule has 60 valence electrons. The highest BCUT2D eigenvalue weighted by molar-refractivity contribution is 4.76. The number of hydrogen-bond donors (Lipinski definition) is 1. The minimum atomic E-state index is 1.16. The third-order valence-electron chi connectivity index (χ3n) is 1.39. The Hall–Kier alpha value is -0.300. The van der Waals surface area contributed by atoms with E-state index in [-0.39, 0.29) is 0 Å². The van der Waals surface area contributed by atoms with Crippen LogP contribution in [0.15, 0.2) is 12.2 Å². The normalized spacial score (nSPS) is 11.0. The van der Waals surface area contributed by atoms with E-state index in [0.717, 1.165) is 13.1 Å². The Morgan fingerprint density at radius 3 is 2.70 bits per heavy atom. The van der Waals surface area contributed by atoms with Crippen LogP contribution in [-0.4, -0.2) is 13.1 Å². The summed E-state index contributed by atoms with van der Waals surface area (Å²) in [7, 11) is 0. The molecule has 0 saturated carbocycles. The predicted molar refractivity (Wildman–Crippen MR) is 47.2 cm³/mol. The maximum Gasteiger partial charge on any atom is -0.00460 e. The van der Waals surface area contributed by atoms with E-state index in [0.29, 0.717) is 0 Å². The molecule has 1 heteroatoms. The second kappa shape index (κ2) is 8.70. The molecule has 0 aromatic heterocycles. The molecule has 10 heavy (non-hydrogen) atoms. The van der Waals surface area contributed by atoms with Crippen molar-refractivity contribution >= 4 is 0 Å². The van der Waals surface area contributed by atoms with Crippen molar-refractivity contribution in [2.75, 3.05) is 13.1 Å². The lowest BCUT2D eigenvalue weighted by Gasteiger charge is -1.98. The fourth-order valence-corrected chi connectivity index (χ4v) is 0.813. The monoisotopic (exact) mass is 141 g/mol. The van der Waals surface area contributed by atoms with Gasteiger partial charge >= 0.3 is 0 Å². The Balaban J connectivity index is 2.77. The second-order valence-electron chi connectivity index (χ2n) is 2.46. The van der Waals surface area contributed by atoms with Gasteiger partial charge in [0.25, 0.3) is 0 Å². The summed E-state index contributed by atoms with van der Waals surface area (Å²) in [5.74, 6) is 0. The average Bonchev–Trinajstić information content (AvgIpc) is 1.97. The molecular weight excluding hydrogens is 122 g/mol. The lowest BCUT2D eigenvalue weighted by atomic mass is 10.3. The Kier molecular flexibility index (Phi) is 8.44. The molecule has 0 fully saturated rings. The maximum atomic E-state index is 3.36. The smallest absolute Gasteiger partial charge is 0.00460 e. The summed E-state index contributed by atoms with van der Waals surface area (Å²) in [5.41, 5.74) is 0. The van der Waals surface area contributed by atoms with Crippen LogP contribution in [0.1, 0.15) is 33.1 Å². The van der Waals surface area contributed by atoms with E-state index < -0.39 is 0 Å². The molecule has 0 aromatic carbocycles. The molecular formula is C9H19N. The van der Waals surface area contributed by atoms with E-state index in [1.54, 1.807) is 0 Å². The van der Waals surface area contributed by atoms with E-state index in [1.807, 2.05) is 0 Å². The van der Waals surface area contributed by atoms with E-state index in [1.165, 1.54) is 19.3 Å². The Morgan fingerprint density at radius 2 is 2.10 bits per heavy atom. The van der Waals surface area contributed by atoms with E-state index in [4.69, 9.17) is 0 Å². The highest BCUT2D eigenvalue weighted by Gasteiger charge is 1.82. The van der Waals surface area contributed by atoms with E-state index in [9.17, 15) is 0 Å².